The Morgan fingerprint density at radius 1 is 1.15 bits per heavy atom. The number of fused-ring (bicyclic) bond motifs is 1. The van der Waals surface area contributed by atoms with Crippen LogP contribution in [0.25, 0.3) is 0 Å². The fourth-order valence-corrected chi connectivity index (χ4v) is 5.69. The van der Waals surface area contributed by atoms with Crippen molar-refractivity contribution in [1.82, 2.24) is 9.80 Å². The molecule has 1 heterocycles. The molecule has 9 nitrogen and oxygen atoms in total. The Morgan fingerprint density at radius 2 is 1.85 bits per heavy atom. The first-order valence-corrected chi connectivity index (χ1v) is 15.2. The molecule has 0 radical (unpaired) electrons. The van der Waals surface area contributed by atoms with Crippen LogP contribution in [-0.2, 0) is 14.8 Å². The molecule has 4 atom stereocenters. The van der Waals surface area contributed by atoms with Crippen molar-refractivity contribution in [2.75, 3.05) is 45.1 Å². The van der Waals surface area contributed by atoms with Crippen molar-refractivity contribution in [2.24, 2.45) is 5.92 Å². The first kappa shape index (κ1) is 31.8. The topological polar surface area (TPSA) is 108 Å². The van der Waals surface area contributed by atoms with E-state index in [1.807, 2.05) is 27.9 Å². The van der Waals surface area contributed by atoms with Crippen LogP contribution < -0.4 is 9.46 Å². The lowest BCUT2D eigenvalue weighted by molar-refractivity contribution is -0.0137. The number of ether oxygens (including phenoxy) is 2. The number of nitrogens with zero attached hydrogens (tertiary/aromatic N) is 2. The summed E-state index contributed by atoms with van der Waals surface area (Å²) in [6, 6.07) is 8.54. The highest BCUT2D eigenvalue weighted by Gasteiger charge is 2.30. The molecule has 0 aliphatic carbocycles. The lowest BCUT2D eigenvalue weighted by Gasteiger charge is -2.35. The summed E-state index contributed by atoms with van der Waals surface area (Å²) in [6.45, 7) is 7.07. The number of nitrogens with one attached hydrogen (secondary N) is 1. The zero-order valence-corrected chi connectivity index (χ0v) is 24.8. The maximum Gasteiger partial charge on any atom is 0.261 e. The molecule has 0 bridgehead atoms. The van der Waals surface area contributed by atoms with Crippen LogP contribution in [0, 0.1) is 11.7 Å². The molecule has 11 heteroatoms. The van der Waals surface area contributed by atoms with Crippen LogP contribution in [0.15, 0.2) is 47.4 Å². The van der Waals surface area contributed by atoms with Gasteiger partial charge in [-0.2, -0.15) is 0 Å². The third kappa shape index (κ3) is 8.63. The van der Waals surface area contributed by atoms with E-state index in [0.717, 1.165) is 31.4 Å². The van der Waals surface area contributed by atoms with Gasteiger partial charge >= 0.3 is 0 Å². The number of hydrogen-bond acceptors (Lipinski definition) is 7. The highest BCUT2D eigenvalue weighted by Crippen LogP contribution is 2.29. The standard InChI is InChI=1S/C29H42FN3O6S/c1-20-17-33(21(2)19-34)29(35)26-16-24(31-40(36,37)25-12-9-23(30)10-13-25)11-14-27(26)39-22(3)8-6-7-15-38-28(20)18-32(4)5/h9-14,16,20-22,28,31,34H,6-8,15,17-19H2,1-5H3/t20-,21+,22-,28+/m1/s1. The van der Waals surface area contributed by atoms with Gasteiger partial charge in [0, 0.05) is 31.3 Å². The van der Waals surface area contributed by atoms with Crippen LogP contribution in [0.4, 0.5) is 10.1 Å². The fourth-order valence-electron chi connectivity index (χ4n) is 4.64. The number of hydrogen-bond donors (Lipinski definition) is 2. The first-order chi connectivity index (χ1) is 18.9. The van der Waals surface area contributed by atoms with Gasteiger partial charge in [-0.15, -0.1) is 0 Å². The van der Waals surface area contributed by atoms with Crippen LogP contribution in [0.1, 0.15) is 50.4 Å². The van der Waals surface area contributed by atoms with Gasteiger partial charge in [0.05, 0.1) is 35.3 Å². The number of aliphatic hydroxyl groups is 1. The first-order valence-electron chi connectivity index (χ1n) is 13.7. The van der Waals surface area contributed by atoms with Crippen LogP contribution in [-0.4, -0.2) is 87.9 Å². The summed E-state index contributed by atoms with van der Waals surface area (Å²) in [5, 5.41) is 10.0. The molecule has 222 valence electrons. The summed E-state index contributed by atoms with van der Waals surface area (Å²) in [6.07, 6.45) is 2.19. The van der Waals surface area contributed by atoms with E-state index in [0.29, 0.717) is 25.4 Å². The summed E-state index contributed by atoms with van der Waals surface area (Å²) >= 11 is 0. The van der Waals surface area contributed by atoms with Crippen molar-refractivity contribution in [3.63, 3.8) is 0 Å². The third-order valence-corrected chi connectivity index (χ3v) is 8.37. The quantitative estimate of drug-likeness (QED) is 0.511. The van der Waals surface area contributed by atoms with Crippen molar-refractivity contribution in [2.45, 2.75) is 63.2 Å². The van der Waals surface area contributed by atoms with Crippen molar-refractivity contribution in [3.8, 4) is 5.75 Å². The van der Waals surface area contributed by atoms with E-state index in [1.165, 1.54) is 24.3 Å². The van der Waals surface area contributed by atoms with Crippen LogP contribution >= 0.6 is 0 Å². The van der Waals surface area contributed by atoms with Crippen molar-refractivity contribution in [3.05, 3.63) is 53.8 Å². The van der Waals surface area contributed by atoms with Gasteiger partial charge in [-0.1, -0.05) is 6.92 Å². The minimum Gasteiger partial charge on any atom is -0.490 e. The molecular weight excluding hydrogens is 537 g/mol. The van der Waals surface area contributed by atoms with Crippen molar-refractivity contribution < 1.29 is 32.2 Å². The van der Waals surface area contributed by atoms with Gasteiger partial charge < -0.3 is 24.4 Å². The number of amides is 1. The Morgan fingerprint density at radius 3 is 2.50 bits per heavy atom. The molecule has 0 spiro atoms. The number of carbonyl (C=O) groups excluding carboxylic acids is 1. The SMILES string of the molecule is C[C@@H]1CCCCO[C@@H](CN(C)C)[C@H](C)CN([C@@H](C)CO)C(=O)c2cc(NS(=O)(=O)c3ccc(F)cc3)ccc2O1. The van der Waals surface area contributed by atoms with Crippen molar-refractivity contribution in [1.29, 1.82) is 0 Å². The Balaban J connectivity index is 2.02. The summed E-state index contributed by atoms with van der Waals surface area (Å²) in [5.41, 5.74) is 0.341. The monoisotopic (exact) mass is 579 g/mol. The zero-order valence-electron chi connectivity index (χ0n) is 24.0. The van der Waals surface area contributed by atoms with Gasteiger partial charge in [0.15, 0.2) is 0 Å². The minimum absolute atomic E-state index is 0.0493. The molecule has 0 aromatic heterocycles. The van der Waals surface area contributed by atoms with Gasteiger partial charge in [0.1, 0.15) is 11.6 Å². The third-order valence-electron chi connectivity index (χ3n) is 6.97. The normalized spacial score (nSPS) is 22.2. The van der Waals surface area contributed by atoms with Gasteiger partial charge in [0.2, 0.25) is 0 Å². The van der Waals surface area contributed by atoms with E-state index >= 15 is 0 Å². The fraction of sp³-hybridized carbons (Fsp3) is 0.552. The lowest BCUT2D eigenvalue weighted by atomic mass is 10.0. The Hall–Kier alpha value is -2.73. The number of likely N-dealkylation sites (N-methyl/N-ethyl adjacent to an activating group) is 1. The lowest BCUT2D eigenvalue weighted by Crippen LogP contribution is -2.47. The van der Waals surface area contributed by atoms with Gasteiger partial charge in [-0.25, -0.2) is 12.8 Å². The number of sulfonamides is 1. The molecule has 0 unspecified atom stereocenters. The van der Waals surface area contributed by atoms with E-state index in [4.69, 9.17) is 9.47 Å². The predicted molar refractivity (Wildman–Crippen MR) is 153 cm³/mol. The second kappa shape index (κ2) is 14.2. The highest BCUT2D eigenvalue weighted by atomic mass is 32.2. The molecule has 40 heavy (non-hydrogen) atoms. The molecule has 1 amide bonds. The second-order valence-electron chi connectivity index (χ2n) is 10.8. The Labute approximate surface area is 237 Å². The molecule has 1 aliphatic heterocycles. The molecule has 2 aromatic carbocycles. The molecule has 3 rings (SSSR count). The van der Waals surface area contributed by atoms with Gasteiger partial charge in [-0.05, 0) is 89.7 Å². The van der Waals surface area contributed by atoms with Crippen LogP contribution in [0.5, 0.6) is 5.75 Å². The summed E-state index contributed by atoms with van der Waals surface area (Å²) in [5.74, 6) is -0.651. The highest BCUT2D eigenvalue weighted by molar-refractivity contribution is 7.92. The molecule has 2 aromatic rings. The maximum absolute atomic E-state index is 14.1. The average Bonchev–Trinajstić information content (AvgIpc) is 2.90. The minimum atomic E-state index is -4.04. The number of rotatable bonds is 7. The van der Waals surface area contributed by atoms with Crippen LogP contribution in [0.2, 0.25) is 0 Å². The molecular formula is C29H42FN3O6S. The molecule has 0 saturated heterocycles. The summed E-state index contributed by atoms with van der Waals surface area (Å²) in [4.78, 5) is 17.6. The number of anilines is 1. The maximum atomic E-state index is 14.1. The zero-order chi connectivity index (χ0) is 29.4. The molecule has 1 aliphatic rings. The summed E-state index contributed by atoms with van der Waals surface area (Å²) in [7, 11) is -0.0862. The number of benzene rings is 2. The van der Waals surface area contributed by atoms with Gasteiger partial charge in [0.25, 0.3) is 15.9 Å². The Bertz CT molecular complexity index is 1220. The summed E-state index contributed by atoms with van der Waals surface area (Å²) < 4.78 is 54.2. The Kier molecular flexibility index (Phi) is 11.3. The van der Waals surface area contributed by atoms with E-state index in [1.54, 1.807) is 17.9 Å². The molecule has 0 saturated carbocycles. The van der Waals surface area contributed by atoms with Crippen LogP contribution in [0.3, 0.4) is 0 Å². The number of aliphatic hydroxyl groups excluding tert-OH is 1. The van der Waals surface area contributed by atoms with E-state index < -0.39 is 21.9 Å². The molecule has 0 fully saturated rings. The number of halogens is 1. The van der Waals surface area contributed by atoms with E-state index in [2.05, 4.69) is 9.62 Å². The number of carbonyl (C=O) groups is 1. The second-order valence-corrected chi connectivity index (χ2v) is 12.5. The largest absolute Gasteiger partial charge is 0.490 e. The average molecular weight is 580 g/mol. The predicted octanol–water partition coefficient (Wildman–Crippen LogP) is 3.98. The van der Waals surface area contributed by atoms with E-state index in [-0.39, 0.29) is 46.8 Å². The molecule has 2 N–H and O–H groups in total. The van der Waals surface area contributed by atoms with E-state index in [9.17, 15) is 22.7 Å². The van der Waals surface area contributed by atoms with Crippen molar-refractivity contribution >= 4 is 21.6 Å². The van der Waals surface area contributed by atoms with Gasteiger partial charge in [-0.3, -0.25) is 9.52 Å². The smallest absolute Gasteiger partial charge is 0.261 e.